The number of benzene rings is 1. The third-order valence-corrected chi connectivity index (χ3v) is 3.63. The van der Waals surface area contributed by atoms with Gasteiger partial charge < -0.3 is 19.9 Å². The molecular weight excluding hydrogens is 322 g/mol. The Bertz CT molecular complexity index is 544. The van der Waals surface area contributed by atoms with Crippen molar-refractivity contribution in [3.63, 3.8) is 0 Å². The Morgan fingerprint density at radius 1 is 1.24 bits per heavy atom. The van der Waals surface area contributed by atoms with Crippen LogP contribution < -0.4 is 5.32 Å². The molecule has 0 bridgehead atoms. The molecule has 0 aliphatic heterocycles. The van der Waals surface area contributed by atoms with Crippen LogP contribution in [0.2, 0.25) is 0 Å². The molecule has 0 aromatic heterocycles. The molecule has 0 aliphatic carbocycles. The van der Waals surface area contributed by atoms with Crippen LogP contribution in [-0.4, -0.2) is 36.4 Å². The molecule has 1 aromatic rings. The van der Waals surface area contributed by atoms with E-state index in [-0.39, 0.29) is 31.7 Å². The Hall–Kier alpha value is -2.34. The lowest BCUT2D eigenvalue weighted by molar-refractivity contribution is -0.149. The van der Waals surface area contributed by atoms with E-state index in [1.807, 2.05) is 30.3 Å². The standard InChI is InChI=1S/C19H27NO5/c1-4-8-16(11-21)13-24-18(22)17(14(2)3)20-19(23)25-12-15-9-6-5-7-10-15/h4-7,9-10,14,16-17,21H,1,8,11-13H2,2-3H3,(H,20,23)/t16?,17-/m0/s1. The van der Waals surface area contributed by atoms with Gasteiger partial charge in [-0.1, -0.05) is 50.3 Å². The summed E-state index contributed by atoms with van der Waals surface area (Å²) in [5, 5.41) is 11.8. The molecule has 0 aliphatic rings. The van der Waals surface area contributed by atoms with Crippen molar-refractivity contribution in [3.05, 3.63) is 48.6 Å². The van der Waals surface area contributed by atoms with E-state index < -0.39 is 18.1 Å². The van der Waals surface area contributed by atoms with E-state index in [2.05, 4.69) is 11.9 Å². The number of carbonyl (C=O) groups is 2. The van der Waals surface area contributed by atoms with Gasteiger partial charge in [0.1, 0.15) is 12.6 Å². The highest BCUT2D eigenvalue weighted by molar-refractivity contribution is 5.81. The number of nitrogens with one attached hydrogen (secondary N) is 1. The molecule has 0 heterocycles. The van der Waals surface area contributed by atoms with Crippen molar-refractivity contribution in [2.75, 3.05) is 13.2 Å². The first kappa shape index (κ1) is 20.7. The predicted molar refractivity (Wildman–Crippen MR) is 94.7 cm³/mol. The summed E-state index contributed by atoms with van der Waals surface area (Å²) in [4.78, 5) is 24.2. The van der Waals surface area contributed by atoms with Crippen LogP contribution in [0.4, 0.5) is 4.79 Å². The molecule has 25 heavy (non-hydrogen) atoms. The first-order valence-electron chi connectivity index (χ1n) is 8.33. The van der Waals surface area contributed by atoms with Crippen LogP contribution in [0.3, 0.4) is 0 Å². The molecule has 0 spiro atoms. The Balaban J connectivity index is 2.50. The van der Waals surface area contributed by atoms with Crippen LogP contribution in [0.5, 0.6) is 0 Å². The maximum Gasteiger partial charge on any atom is 0.408 e. The molecule has 1 unspecified atom stereocenters. The van der Waals surface area contributed by atoms with Crippen LogP contribution >= 0.6 is 0 Å². The predicted octanol–water partition coefficient (Wildman–Crippen LogP) is 2.67. The topological polar surface area (TPSA) is 84.9 Å². The van der Waals surface area contributed by atoms with Gasteiger partial charge in [0.25, 0.3) is 0 Å². The molecule has 2 atom stereocenters. The minimum Gasteiger partial charge on any atom is -0.464 e. The zero-order chi connectivity index (χ0) is 18.7. The monoisotopic (exact) mass is 349 g/mol. The number of amides is 1. The molecule has 0 saturated carbocycles. The number of rotatable bonds is 10. The summed E-state index contributed by atoms with van der Waals surface area (Å²) in [7, 11) is 0. The van der Waals surface area contributed by atoms with Crippen molar-refractivity contribution in [1.29, 1.82) is 0 Å². The van der Waals surface area contributed by atoms with E-state index in [1.165, 1.54) is 0 Å². The SMILES string of the molecule is C=CCC(CO)COC(=O)[C@@H](NC(=O)OCc1ccccc1)C(C)C. The lowest BCUT2D eigenvalue weighted by Crippen LogP contribution is -2.45. The average molecular weight is 349 g/mol. The average Bonchev–Trinajstić information content (AvgIpc) is 2.61. The number of alkyl carbamates (subject to hydrolysis) is 1. The van der Waals surface area contributed by atoms with Crippen molar-refractivity contribution >= 4 is 12.1 Å². The first-order valence-corrected chi connectivity index (χ1v) is 8.33. The minimum atomic E-state index is -0.814. The number of carbonyl (C=O) groups excluding carboxylic acids is 2. The maximum atomic E-state index is 12.2. The van der Waals surface area contributed by atoms with Crippen molar-refractivity contribution < 1.29 is 24.2 Å². The van der Waals surface area contributed by atoms with E-state index >= 15 is 0 Å². The fourth-order valence-corrected chi connectivity index (χ4v) is 2.11. The Morgan fingerprint density at radius 2 is 1.92 bits per heavy atom. The summed E-state index contributed by atoms with van der Waals surface area (Å²) in [5.74, 6) is -0.905. The summed E-state index contributed by atoms with van der Waals surface area (Å²) in [6, 6.07) is 8.45. The van der Waals surface area contributed by atoms with Gasteiger partial charge in [-0.05, 0) is 17.9 Å². The summed E-state index contributed by atoms with van der Waals surface area (Å²) in [6.07, 6.45) is 1.53. The van der Waals surface area contributed by atoms with Crippen LogP contribution in [-0.2, 0) is 20.9 Å². The number of aliphatic hydroxyl groups is 1. The zero-order valence-corrected chi connectivity index (χ0v) is 14.8. The summed E-state index contributed by atoms with van der Waals surface area (Å²) < 4.78 is 10.4. The molecule has 0 saturated heterocycles. The molecule has 1 amide bonds. The van der Waals surface area contributed by atoms with Crippen LogP contribution in [0.15, 0.2) is 43.0 Å². The van der Waals surface area contributed by atoms with Crippen molar-refractivity contribution in [3.8, 4) is 0 Å². The lowest BCUT2D eigenvalue weighted by Gasteiger charge is -2.22. The van der Waals surface area contributed by atoms with E-state index in [4.69, 9.17) is 9.47 Å². The molecule has 0 radical (unpaired) electrons. The second-order valence-electron chi connectivity index (χ2n) is 6.13. The van der Waals surface area contributed by atoms with Crippen molar-refractivity contribution in [2.45, 2.75) is 32.9 Å². The number of esters is 1. The van der Waals surface area contributed by atoms with Gasteiger partial charge in [-0.3, -0.25) is 0 Å². The third-order valence-electron chi connectivity index (χ3n) is 3.63. The second-order valence-corrected chi connectivity index (χ2v) is 6.13. The van der Waals surface area contributed by atoms with E-state index in [1.54, 1.807) is 19.9 Å². The van der Waals surface area contributed by atoms with Gasteiger partial charge in [0.15, 0.2) is 0 Å². The largest absolute Gasteiger partial charge is 0.464 e. The molecule has 138 valence electrons. The molecule has 6 heteroatoms. The van der Waals surface area contributed by atoms with Crippen LogP contribution in [0.1, 0.15) is 25.8 Å². The van der Waals surface area contributed by atoms with E-state index in [0.29, 0.717) is 6.42 Å². The number of aliphatic hydroxyl groups excluding tert-OH is 1. The summed E-state index contributed by atoms with van der Waals surface area (Å²) >= 11 is 0. The highest BCUT2D eigenvalue weighted by Gasteiger charge is 2.27. The van der Waals surface area contributed by atoms with E-state index in [0.717, 1.165) is 5.56 Å². The molecule has 1 aromatic carbocycles. The fraction of sp³-hybridized carbons (Fsp3) is 0.474. The highest BCUT2D eigenvalue weighted by Crippen LogP contribution is 2.09. The lowest BCUT2D eigenvalue weighted by atomic mass is 10.0. The van der Waals surface area contributed by atoms with Crippen molar-refractivity contribution in [2.24, 2.45) is 11.8 Å². The molecular formula is C19H27NO5. The molecule has 1 rings (SSSR count). The highest BCUT2D eigenvalue weighted by atomic mass is 16.6. The van der Waals surface area contributed by atoms with Gasteiger partial charge in [-0.2, -0.15) is 0 Å². The van der Waals surface area contributed by atoms with Crippen LogP contribution in [0.25, 0.3) is 0 Å². The third kappa shape index (κ3) is 7.85. The quantitative estimate of drug-likeness (QED) is 0.501. The number of hydrogen-bond donors (Lipinski definition) is 2. The summed E-state index contributed by atoms with van der Waals surface area (Å²) in [5.41, 5.74) is 0.858. The van der Waals surface area contributed by atoms with Gasteiger partial charge in [-0.25, -0.2) is 9.59 Å². The molecule has 2 N–H and O–H groups in total. The van der Waals surface area contributed by atoms with Gasteiger partial charge in [0.05, 0.1) is 6.61 Å². The first-order chi connectivity index (χ1) is 12.0. The zero-order valence-electron chi connectivity index (χ0n) is 14.8. The second kappa shape index (κ2) is 11.3. The summed E-state index contributed by atoms with van der Waals surface area (Å²) in [6.45, 7) is 7.30. The smallest absolute Gasteiger partial charge is 0.408 e. The number of ether oxygens (including phenoxy) is 2. The van der Waals surface area contributed by atoms with Gasteiger partial charge in [0.2, 0.25) is 0 Å². The Kier molecular flexibility index (Phi) is 9.32. The molecule has 0 fully saturated rings. The Labute approximate surface area is 148 Å². The number of hydrogen-bond acceptors (Lipinski definition) is 5. The maximum absolute atomic E-state index is 12.2. The number of allylic oxidation sites excluding steroid dienone is 1. The van der Waals surface area contributed by atoms with Gasteiger partial charge in [-0.15, -0.1) is 6.58 Å². The van der Waals surface area contributed by atoms with Crippen molar-refractivity contribution in [1.82, 2.24) is 5.32 Å². The minimum absolute atomic E-state index is 0.0747. The molecule has 6 nitrogen and oxygen atoms in total. The van der Waals surface area contributed by atoms with Crippen LogP contribution in [0, 0.1) is 11.8 Å². The van der Waals surface area contributed by atoms with E-state index in [9.17, 15) is 14.7 Å². The Morgan fingerprint density at radius 3 is 2.48 bits per heavy atom. The van der Waals surface area contributed by atoms with Gasteiger partial charge in [0, 0.05) is 12.5 Å². The fourth-order valence-electron chi connectivity index (χ4n) is 2.11. The van der Waals surface area contributed by atoms with Gasteiger partial charge >= 0.3 is 12.1 Å². The normalized spacial score (nSPS) is 13.0.